The molecule has 0 radical (unpaired) electrons. The number of benzene rings is 2. The summed E-state index contributed by atoms with van der Waals surface area (Å²) in [6.45, 7) is 4.96. The lowest BCUT2D eigenvalue weighted by atomic mass is 9.85. The average Bonchev–Trinajstić information content (AvgIpc) is 2.82. The van der Waals surface area contributed by atoms with Crippen molar-refractivity contribution in [2.24, 2.45) is 0 Å². The van der Waals surface area contributed by atoms with Gasteiger partial charge in [-0.15, -0.1) is 0 Å². The van der Waals surface area contributed by atoms with E-state index in [1.807, 2.05) is 24.3 Å². The van der Waals surface area contributed by atoms with Gasteiger partial charge in [0.25, 0.3) is 0 Å². The minimum atomic E-state index is -0.973. The topological polar surface area (TPSA) is 73.7 Å². The van der Waals surface area contributed by atoms with E-state index in [9.17, 15) is 9.59 Å². The minimum absolute atomic E-state index is 0.152. The second-order valence-corrected chi connectivity index (χ2v) is 8.65. The van der Waals surface area contributed by atoms with E-state index in [1.54, 1.807) is 42.4 Å². The van der Waals surface area contributed by atoms with Gasteiger partial charge in [0, 0.05) is 30.9 Å². The van der Waals surface area contributed by atoms with Gasteiger partial charge in [-0.3, -0.25) is 4.90 Å². The zero-order chi connectivity index (χ0) is 23.6. The number of fused-ring (bicyclic) bond motifs is 1. The highest BCUT2D eigenvalue weighted by Crippen LogP contribution is 2.28. The van der Waals surface area contributed by atoms with E-state index in [0.29, 0.717) is 18.9 Å². The smallest absolute Gasteiger partial charge is 0.335 e. The number of aromatic nitrogens is 1. The van der Waals surface area contributed by atoms with E-state index < -0.39 is 5.97 Å². The SMILES string of the molecule is CN1C(=O)N(Cc2ccc(C(=O)O)cc2)Cc2cc(C#CC(C)(C)c3ccccc3)cnc21. The van der Waals surface area contributed by atoms with Gasteiger partial charge in [0.15, 0.2) is 0 Å². The van der Waals surface area contributed by atoms with Crippen LogP contribution in [0.15, 0.2) is 66.9 Å². The molecule has 1 aliphatic rings. The molecule has 0 spiro atoms. The van der Waals surface area contributed by atoms with Gasteiger partial charge in [0.1, 0.15) is 5.82 Å². The number of hydrogen-bond acceptors (Lipinski definition) is 3. The third kappa shape index (κ3) is 4.73. The van der Waals surface area contributed by atoms with Gasteiger partial charge in [0.05, 0.1) is 17.5 Å². The minimum Gasteiger partial charge on any atom is -0.478 e. The highest BCUT2D eigenvalue weighted by Gasteiger charge is 2.29. The first-order valence-corrected chi connectivity index (χ1v) is 10.7. The molecule has 6 nitrogen and oxygen atoms in total. The summed E-state index contributed by atoms with van der Waals surface area (Å²) in [6, 6.07) is 18.6. The predicted octanol–water partition coefficient (Wildman–Crippen LogP) is 4.68. The van der Waals surface area contributed by atoms with Gasteiger partial charge in [-0.2, -0.15) is 0 Å². The molecule has 0 aliphatic carbocycles. The standard InChI is InChI=1S/C27H25N3O3/c1-27(2,23-7-5-4-6-8-23)14-13-20-15-22-18-30(26(33)29(3)24(22)28-16-20)17-19-9-11-21(12-10-19)25(31)32/h4-12,15-16H,17-18H2,1-3H3,(H,31,32). The molecule has 1 N–H and O–H groups in total. The highest BCUT2D eigenvalue weighted by atomic mass is 16.4. The highest BCUT2D eigenvalue weighted by molar-refractivity contribution is 5.93. The molecule has 0 bridgehead atoms. The molecule has 0 atom stereocenters. The van der Waals surface area contributed by atoms with Crippen LogP contribution in [0.5, 0.6) is 0 Å². The summed E-state index contributed by atoms with van der Waals surface area (Å²) in [5.41, 5.74) is 3.64. The molecular formula is C27H25N3O3. The van der Waals surface area contributed by atoms with Gasteiger partial charge in [-0.1, -0.05) is 54.3 Å². The van der Waals surface area contributed by atoms with Crippen LogP contribution in [0.4, 0.5) is 10.6 Å². The van der Waals surface area contributed by atoms with Crippen LogP contribution in [0.1, 0.15) is 46.5 Å². The van der Waals surface area contributed by atoms with E-state index in [0.717, 1.165) is 22.3 Å². The van der Waals surface area contributed by atoms with Crippen molar-refractivity contribution in [2.75, 3.05) is 11.9 Å². The molecule has 166 valence electrons. The number of hydrogen-bond donors (Lipinski definition) is 1. The zero-order valence-corrected chi connectivity index (χ0v) is 18.9. The second kappa shape index (κ2) is 8.79. The van der Waals surface area contributed by atoms with Crippen molar-refractivity contribution in [3.63, 3.8) is 0 Å². The monoisotopic (exact) mass is 439 g/mol. The Morgan fingerprint density at radius 1 is 1.12 bits per heavy atom. The molecule has 1 aromatic heterocycles. The molecule has 0 fully saturated rings. The molecule has 33 heavy (non-hydrogen) atoms. The number of urea groups is 1. The molecular weight excluding hydrogens is 414 g/mol. The molecule has 6 heteroatoms. The second-order valence-electron chi connectivity index (χ2n) is 8.65. The number of carboxylic acid groups (broad SMARTS) is 1. The molecule has 0 saturated heterocycles. The van der Waals surface area contributed by atoms with Crippen LogP contribution in [0.2, 0.25) is 0 Å². The lowest BCUT2D eigenvalue weighted by Crippen LogP contribution is -2.45. The summed E-state index contributed by atoms with van der Waals surface area (Å²) in [5, 5.41) is 9.08. The van der Waals surface area contributed by atoms with Crippen LogP contribution in [-0.4, -0.2) is 34.0 Å². The summed E-state index contributed by atoms with van der Waals surface area (Å²) in [6.07, 6.45) is 1.71. The van der Waals surface area contributed by atoms with Crippen molar-refractivity contribution < 1.29 is 14.7 Å². The number of rotatable bonds is 4. The maximum atomic E-state index is 12.9. The number of carbonyl (C=O) groups is 2. The van der Waals surface area contributed by atoms with Crippen LogP contribution >= 0.6 is 0 Å². The number of nitrogens with zero attached hydrogens (tertiary/aromatic N) is 3. The van der Waals surface area contributed by atoms with Crippen LogP contribution in [0.3, 0.4) is 0 Å². The van der Waals surface area contributed by atoms with Crippen molar-refractivity contribution in [1.29, 1.82) is 0 Å². The molecule has 0 saturated carbocycles. The van der Waals surface area contributed by atoms with Crippen molar-refractivity contribution in [3.05, 3.63) is 94.7 Å². The molecule has 2 amide bonds. The Bertz CT molecular complexity index is 1260. The summed E-state index contributed by atoms with van der Waals surface area (Å²) < 4.78 is 0. The van der Waals surface area contributed by atoms with Gasteiger partial charge in [-0.25, -0.2) is 14.6 Å². The summed E-state index contributed by atoms with van der Waals surface area (Å²) in [4.78, 5) is 31.7. The van der Waals surface area contributed by atoms with Crippen molar-refractivity contribution in [1.82, 2.24) is 9.88 Å². The van der Waals surface area contributed by atoms with Crippen LogP contribution in [-0.2, 0) is 18.5 Å². The van der Waals surface area contributed by atoms with Crippen molar-refractivity contribution in [3.8, 4) is 11.8 Å². The van der Waals surface area contributed by atoms with E-state index in [-0.39, 0.29) is 17.0 Å². The Kier molecular flexibility index (Phi) is 5.89. The first kappa shape index (κ1) is 22.1. The largest absolute Gasteiger partial charge is 0.478 e. The van der Waals surface area contributed by atoms with Gasteiger partial charge in [-0.05, 0) is 43.2 Å². The van der Waals surface area contributed by atoms with Crippen LogP contribution in [0, 0.1) is 11.8 Å². The van der Waals surface area contributed by atoms with Crippen LogP contribution < -0.4 is 4.90 Å². The maximum Gasteiger partial charge on any atom is 0.335 e. The first-order valence-electron chi connectivity index (χ1n) is 10.7. The fraction of sp³-hybridized carbons (Fsp3) is 0.222. The molecule has 3 aromatic rings. The lowest BCUT2D eigenvalue weighted by Gasteiger charge is -2.34. The van der Waals surface area contributed by atoms with Crippen molar-refractivity contribution >= 4 is 17.8 Å². The molecule has 4 rings (SSSR count). The zero-order valence-electron chi connectivity index (χ0n) is 18.9. The third-order valence-electron chi connectivity index (χ3n) is 5.77. The maximum absolute atomic E-state index is 12.9. The number of amides is 2. The van der Waals surface area contributed by atoms with Gasteiger partial charge >= 0.3 is 12.0 Å². The Morgan fingerprint density at radius 3 is 2.48 bits per heavy atom. The van der Waals surface area contributed by atoms with Crippen LogP contribution in [0.25, 0.3) is 0 Å². The van der Waals surface area contributed by atoms with Crippen molar-refractivity contribution in [2.45, 2.75) is 32.4 Å². The van der Waals surface area contributed by atoms with Gasteiger partial charge < -0.3 is 10.0 Å². The van der Waals surface area contributed by atoms with E-state index >= 15 is 0 Å². The summed E-state index contributed by atoms with van der Waals surface area (Å²) in [5.74, 6) is 6.26. The predicted molar refractivity (Wildman–Crippen MR) is 127 cm³/mol. The lowest BCUT2D eigenvalue weighted by molar-refractivity contribution is 0.0696. The number of carbonyl (C=O) groups excluding carboxylic acids is 1. The van der Waals surface area contributed by atoms with E-state index in [4.69, 9.17) is 5.11 Å². The molecule has 1 aliphatic heterocycles. The Labute approximate surface area is 193 Å². The van der Waals surface area contributed by atoms with E-state index in [1.165, 1.54) is 4.90 Å². The number of carboxylic acids is 1. The number of aromatic carboxylic acids is 1. The Hall–Kier alpha value is -4.11. The summed E-state index contributed by atoms with van der Waals surface area (Å²) >= 11 is 0. The molecule has 2 aromatic carbocycles. The quantitative estimate of drug-likeness (QED) is 0.599. The Balaban J connectivity index is 1.56. The molecule has 0 unspecified atom stereocenters. The molecule has 2 heterocycles. The normalized spacial score (nSPS) is 13.2. The third-order valence-corrected chi connectivity index (χ3v) is 5.77. The fourth-order valence-electron chi connectivity index (χ4n) is 3.82. The Morgan fingerprint density at radius 2 is 1.82 bits per heavy atom. The number of anilines is 1. The summed E-state index contributed by atoms with van der Waals surface area (Å²) in [7, 11) is 1.71. The fourth-order valence-corrected chi connectivity index (χ4v) is 3.82. The van der Waals surface area contributed by atoms with Gasteiger partial charge in [0.2, 0.25) is 0 Å². The first-order chi connectivity index (χ1) is 15.7. The average molecular weight is 440 g/mol. The van der Waals surface area contributed by atoms with E-state index in [2.05, 4.69) is 42.8 Å². The number of pyridine rings is 1.